The van der Waals surface area contributed by atoms with E-state index in [4.69, 9.17) is 4.74 Å². The van der Waals surface area contributed by atoms with Crippen LogP contribution in [0.15, 0.2) is 18.2 Å². The van der Waals surface area contributed by atoms with E-state index in [2.05, 4.69) is 0 Å². The largest absolute Gasteiger partial charge is 0.496 e. The minimum atomic E-state index is 0.634. The van der Waals surface area contributed by atoms with Gasteiger partial charge in [-0.1, -0.05) is 26.0 Å². The molecule has 2 heteroatoms. The van der Waals surface area contributed by atoms with Crippen molar-refractivity contribution in [2.24, 2.45) is 0 Å². The summed E-state index contributed by atoms with van der Waals surface area (Å²) in [6.45, 7) is 5.88. The van der Waals surface area contributed by atoms with Crippen LogP contribution < -0.4 is 4.74 Å². The number of methoxy groups -OCH3 is 1. The van der Waals surface area contributed by atoms with Crippen LogP contribution in [0.25, 0.3) is 0 Å². The van der Waals surface area contributed by atoms with Gasteiger partial charge in [0.25, 0.3) is 0 Å². The van der Waals surface area contributed by atoms with Gasteiger partial charge in [-0.05, 0) is 18.6 Å². The highest BCUT2D eigenvalue weighted by molar-refractivity contribution is 5.81. The number of rotatable bonds is 2. The van der Waals surface area contributed by atoms with E-state index < -0.39 is 0 Å². The normalized spacial score (nSPS) is 8.31. The van der Waals surface area contributed by atoms with E-state index in [9.17, 15) is 4.79 Å². The van der Waals surface area contributed by atoms with E-state index in [1.165, 1.54) is 0 Å². The third-order valence-corrected chi connectivity index (χ3v) is 1.62. The fourth-order valence-electron chi connectivity index (χ4n) is 0.983. The summed E-state index contributed by atoms with van der Waals surface area (Å²) >= 11 is 0. The summed E-state index contributed by atoms with van der Waals surface area (Å²) in [5.41, 5.74) is 1.58. The van der Waals surface area contributed by atoms with E-state index in [1.807, 2.05) is 32.9 Å². The smallest absolute Gasteiger partial charge is 0.154 e. The van der Waals surface area contributed by atoms with Crippen molar-refractivity contribution in [2.45, 2.75) is 20.8 Å². The van der Waals surface area contributed by atoms with Gasteiger partial charge < -0.3 is 4.74 Å². The van der Waals surface area contributed by atoms with Gasteiger partial charge in [-0.3, -0.25) is 4.79 Å². The summed E-state index contributed by atoms with van der Waals surface area (Å²) in [6.07, 6.45) is 0.814. The van der Waals surface area contributed by atoms with Gasteiger partial charge in [-0.25, -0.2) is 0 Å². The molecule has 0 fully saturated rings. The number of hydrogen-bond donors (Lipinski definition) is 0. The first-order valence-electron chi connectivity index (χ1n) is 4.38. The fraction of sp³-hybridized carbons (Fsp3) is 0.364. The molecule has 0 bridgehead atoms. The van der Waals surface area contributed by atoms with E-state index in [0.717, 1.165) is 11.8 Å². The van der Waals surface area contributed by atoms with Crippen LogP contribution >= 0.6 is 0 Å². The second-order valence-corrected chi connectivity index (χ2v) is 2.31. The Balaban J connectivity index is 0.000000671. The van der Waals surface area contributed by atoms with Gasteiger partial charge in [0.2, 0.25) is 0 Å². The Kier molecular flexibility index (Phi) is 5.60. The first-order valence-corrected chi connectivity index (χ1v) is 4.38. The topological polar surface area (TPSA) is 26.3 Å². The van der Waals surface area contributed by atoms with Gasteiger partial charge in [-0.2, -0.15) is 0 Å². The fourth-order valence-corrected chi connectivity index (χ4v) is 0.983. The quantitative estimate of drug-likeness (QED) is 0.654. The maximum absolute atomic E-state index is 10.5. The minimum Gasteiger partial charge on any atom is -0.496 e. The lowest BCUT2D eigenvalue weighted by molar-refractivity contribution is 0.112. The van der Waals surface area contributed by atoms with Gasteiger partial charge in [0.05, 0.1) is 12.7 Å². The van der Waals surface area contributed by atoms with Crippen molar-refractivity contribution in [1.29, 1.82) is 0 Å². The number of hydrogen-bond acceptors (Lipinski definition) is 2. The Morgan fingerprint density at radius 2 is 1.92 bits per heavy atom. The van der Waals surface area contributed by atoms with Crippen LogP contribution in [0.4, 0.5) is 0 Å². The third-order valence-electron chi connectivity index (χ3n) is 1.62. The molecule has 0 aromatic heterocycles. The zero-order chi connectivity index (χ0) is 10.3. The molecule has 2 nitrogen and oxygen atoms in total. The molecule has 0 aliphatic carbocycles. The van der Waals surface area contributed by atoms with E-state index >= 15 is 0 Å². The SMILES string of the molecule is CC.COc1cccc(C)c1C=O. The zero-order valence-electron chi connectivity index (χ0n) is 8.63. The van der Waals surface area contributed by atoms with Gasteiger partial charge >= 0.3 is 0 Å². The molecule has 0 saturated heterocycles. The molecule has 1 aromatic rings. The van der Waals surface area contributed by atoms with Crippen molar-refractivity contribution < 1.29 is 9.53 Å². The van der Waals surface area contributed by atoms with E-state index in [0.29, 0.717) is 11.3 Å². The number of benzene rings is 1. The molecule has 0 heterocycles. The van der Waals surface area contributed by atoms with Crippen LogP contribution in [0.3, 0.4) is 0 Å². The molecule has 0 amide bonds. The van der Waals surface area contributed by atoms with E-state index in [1.54, 1.807) is 13.2 Å². The summed E-state index contributed by atoms with van der Waals surface area (Å²) < 4.78 is 4.99. The molecule has 1 aromatic carbocycles. The Hall–Kier alpha value is -1.31. The van der Waals surface area contributed by atoms with E-state index in [-0.39, 0.29) is 0 Å². The van der Waals surface area contributed by atoms with Gasteiger partial charge in [-0.15, -0.1) is 0 Å². The molecule has 0 N–H and O–H groups in total. The van der Waals surface area contributed by atoms with Gasteiger partial charge in [0, 0.05) is 0 Å². The third kappa shape index (κ3) is 2.90. The predicted octanol–water partition coefficient (Wildman–Crippen LogP) is 2.84. The lowest BCUT2D eigenvalue weighted by atomic mass is 10.1. The molecule has 0 saturated carbocycles. The number of aryl methyl sites for hydroxylation is 1. The Bertz CT molecular complexity index is 267. The Morgan fingerprint density at radius 3 is 2.31 bits per heavy atom. The molecule has 0 radical (unpaired) electrons. The van der Waals surface area contributed by atoms with Crippen LogP contribution in [0.2, 0.25) is 0 Å². The van der Waals surface area contributed by atoms with Crippen LogP contribution in [0, 0.1) is 6.92 Å². The van der Waals surface area contributed by atoms with Crippen molar-refractivity contribution in [2.75, 3.05) is 7.11 Å². The van der Waals surface area contributed by atoms with Gasteiger partial charge in [0.15, 0.2) is 6.29 Å². The number of carbonyl (C=O) groups is 1. The predicted molar refractivity (Wildman–Crippen MR) is 54.5 cm³/mol. The molecule has 0 unspecified atom stereocenters. The molecular weight excluding hydrogens is 164 g/mol. The summed E-state index contributed by atoms with van der Waals surface area (Å²) in [5.74, 6) is 0.639. The average molecular weight is 180 g/mol. The molecule has 0 atom stereocenters. The standard InChI is InChI=1S/C9H10O2.C2H6/c1-7-4-3-5-9(11-2)8(7)6-10;1-2/h3-6H,1-2H3;1-2H3. The summed E-state index contributed by atoms with van der Waals surface area (Å²) in [6, 6.07) is 5.52. The Labute approximate surface area is 79.5 Å². The molecule has 0 aliphatic heterocycles. The number of aldehydes is 1. The highest BCUT2D eigenvalue weighted by atomic mass is 16.5. The Morgan fingerprint density at radius 1 is 1.31 bits per heavy atom. The van der Waals surface area contributed by atoms with Crippen LogP contribution in [-0.2, 0) is 0 Å². The first-order chi connectivity index (χ1) is 6.29. The summed E-state index contributed by atoms with van der Waals surface area (Å²) in [5, 5.41) is 0. The van der Waals surface area contributed by atoms with Crippen molar-refractivity contribution in [3.63, 3.8) is 0 Å². The highest BCUT2D eigenvalue weighted by Gasteiger charge is 2.02. The average Bonchev–Trinajstić information content (AvgIpc) is 2.20. The number of carbonyl (C=O) groups excluding carboxylic acids is 1. The lowest BCUT2D eigenvalue weighted by Crippen LogP contribution is -1.92. The van der Waals surface area contributed by atoms with Crippen LogP contribution in [0.5, 0.6) is 5.75 Å². The van der Waals surface area contributed by atoms with Crippen LogP contribution in [-0.4, -0.2) is 13.4 Å². The second kappa shape index (κ2) is 6.23. The highest BCUT2D eigenvalue weighted by Crippen LogP contribution is 2.18. The van der Waals surface area contributed by atoms with Crippen molar-refractivity contribution in [3.05, 3.63) is 29.3 Å². The molecule has 13 heavy (non-hydrogen) atoms. The summed E-state index contributed by atoms with van der Waals surface area (Å²) in [4.78, 5) is 10.5. The maximum Gasteiger partial charge on any atom is 0.154 e. The monoisotopic (exact) mass is 180 g/mol. The molecule has 0 aliphatic rings. The molecule has 0 spiro atoms. The zero-order valence-corrected chi connectivity index (χ0v) is 8.63. The molecular formula is C11H16O2. The molecule has 72 valence electrons. The lowest BCUT2D eigenvalue weighted by Gasteiger charge is -2.04. The second-order valence-electron chi connectivity index (χ2n) is 2.31. The maximum atomic E-state index is 10.5. The van der Waals surface area contributed by atoms with Gasteiger partial charge in [0.1, 0.15) is 5.75 Å². The minimum absolute atomic E-state index is 0.634. The first kappa shape index (κ1) is 11.7. The molecule has 1 rings (SSSR count). The van der Waals surface area contributed by atoms with Crippen molar-refractivity contribution >= 4 is 6.29 Å². The van der Waals surface area contributed by atoms with Crippen molar-refractivity contribution in [3.8, 4) is 5.75 Å². The van der Waals surface area contributed by atoms with Crippen LogP contribution in [0.1, 0.15) is 29.8 Å². The number of ether oxygens (including phenoxy) is 1. The van der Waals surface area contributed by atoms with Crippen molar-refractivity contribution in [1.82, 2.24) is 0 Å². The summed E-state index contributed by atoms with van der Waals surface area (Å²) in [7, 11) is 1.56.